The first-order valence-corrected chi connectivity index (χ1v) is 25.1. The third-order valence-electron chi connectivity index (χ3n) is 10.2. The number of allylic oxidation sites excluding steroid dienone is 4. The van der Waals surface area contributed by atoms with E-state index in [9.17, 15) is 19.0 Å². The number of unbranched alkanes of at least 4 members (excludes halogenated alkanes) is 25. The van der Waals surface area contributed by atoms with Gasteiger partial charge in [-0.25, -0.2) is 4.57 Å². The van der Waals surface area contributed by atoms with Gasteiger partial charge in [-0.05, 0) is 64.2 Å². The number of quaternary nitrogens is 1. The van der Waals surface area contributed by atoms with E-state index in [0.29, 0.717) is 17.4 Å². The van der Waals surface area contributed by atoms with Crippen LogP contribution in [0, 0.1) is 0 Å². The van der Waals surface area contributed by atoms with Crippen LogP contribution < -0.4 is 0 Å². The van der Waals surface area contributed by atoms with Gasteiger partial charge in [0.15, 0.2) is 6.10 Å². The summed E-state index contributed by atoms with van der Waals surface area (Å²) in [5.74, 6) is -0.804. The lowest BCUT2D eigenvalue weighted by molar-refractivity contribution is -0.870. The van der Waals surface area contributed by atoms with Crippen molar-refractivity contribution in [2.75, 3.05) is 47.5 Å². The average molecular weight is 829 g/mol. The molecule has 0 amide bonds. The Labute approximate surface area is 351 Å². The fourth-order valence-electron chi connectivity index (χ4n) is 6.47. The van der Waals surface area contributed by atoms with Crippen LogP contribution in [-0.4, -0.2) is 74.9 Å². The summed E-state index contributed by atoms with van der Waals surface area (Å²) in [5, 5.41) is 0. The molecule has 0 aromatic heterocycles. The molecule has 0 fully saturated rings. The van der Waals surface area contributed by atoms with Gasteiger partial charge in [-0.1, -0.05) is 160 Å². The fourth-order valence-corrected chi connectivity index (χ4v) is 7.22. The van der Waals surface area contributed by atoms with Gasteiger partial charge in [0.1, 0.15) is 19.8 Å². The number of phosphoric acid groups is 1. The second kappa shape index (κ2) is 39.9. The van der Waals surface area contributed by atoms with E-state index in [2.05, 4.69) is 38.2 Å². The number of ether oxygens (including phenoxy) is 2. The summed E-state index contributed by atoms with van der Waals surface area (Å²) < 4.78 is 34.3. The minimum absolute atomic E-state index is 0.0317. The van der Waals surface area contributed by atoms with E-state index in [1.807, 2.05) is 21.1 Å². The summed E-state index contributed by atoms with van der Waals surface area (Å²) in [7, 11) is 1.48. The standard InChI is InChI=1S/C47H90NO8P/c1-6-8-10-12-14-16-18-20-21-22-23-24-25-26-27-28-30-32-34-36-38-40-47(50)56-45(44-55-57(51,52)54-42-41-48(3,4)5)43-53-46(49)39-37-35-33-31-29-19-17-15-13-11-9-7-2/h15,17,20-21,45H,6-14,16,18-19,22-44H2,1-5H3/p+1/b17-15+,21-20+/t45-/m1/s1. The molecule has 0 heterocycles. The first-order valence-electron chi connectivity index (χ1n) is 23.6. The van der Waals surface area contributed by atoms with Gasteiger partial charge < -0.3 is 18.9 Å². The minimum Gasteiger partial charge on any atom is -0.462 e. The third kappa shape index (κ3) is 43.9. The van der Waals surface area contributed by atoms with Crippen molar-refractivity contribution in [2.45, 2.75) is 219 Å². The van der Waals surface area contributed by atoms with E-state index in [1.165, 1.54) is 128 Å². The van der Waals surface area contributed by atoms with Crippen LogP contribution in [0.5, 0.6) is 0 Å². The molecule has 0 radical (unpaired) electrons. The second-order valence-corrected chi connectivity index (χ2v) is 18.6. The van der Waals surface area contributed by atoms with Gasteiger partial charge >= 0.3 is 19.8 Å². The summed E-state index contributed by atoms with van der Waals surface area (Å²) in [5.41, 5.74) is 0. The van der Waals surface area contributed by atoms with Crippen molar-refractivity contribution in [1.29, 1.82) is 0 Å². The fraction of sp³-hybridized carbons (Fsp3) is 0.872. The van der Waals surface area contributed by atoms with Crippen LogP contribution in [0.2, 0.25) is 0 Å². The zero-order valence-corrected chi connectivity index (χ0v) is 38.7. The number of hydrogen-bond acceptors (Lipinski definition) is 7. The van der Waals surface area contributed by atoms with Gasteiger partial charge in [-0.3, -0.25) is 18.6 Å². The summed E-state index contributed by atoms with van der Waals surface area (Å²) >= 11 is 0. The van der Waals surface area contributed by atoms with Crippen LogP contribution in [0.3, 0.4) is 0 Å². The zero-order valence-electron chi connectivity index (χ0n) is 37.8. The van der Waals surface area contributed by atoms with Crippen molar-refractivity contribution >= 4 is 19.8 Å². The Bertz CT molecular complexity index is 1030. The molecule has 57 heavy (non-hydrogen) atoms. The minimum atomic E-state index is -4.37. The number of carbonyl (C=O) groups is 2. The van der Waals surface area contributed by atoms with Crippen LogP contribution >= 0.6 is 7.82 Å². The number of phosphoric ester groups is 1. The SMILES string of the molecule is CCCCC/C=C/CCCCCCCC(=O)OC[C@H](COP(=O)(O)OCC[N+](C)(C)C)OC(=O)CCCCCCCCCCCCC/C=C/CCCCCCCC. The number of esters is 2. The molecule has 1 N–H and O–H groups in total. The van der Waals surface area contributed by atoms with Crippen LogP contribution in [0.15, 0.2) is 24.3 Å². The quantitative estimate of drug-likeness (QED) is 0.0213. The molecule has 0 aliphatic rings. The molecule has 0 spiro atoms. The smallest absolute Gasteiger partial charge is 0.462 e. The van der Waals surface area contributed by atoms with Crippen molar-refractivity contribution in [3.05, 3.63) is 24.3 Å². The van der Waals surface area contributed by atoms with Crippen molar-refractivity contribution < 1.29 is 42.1 Å². The Kier molecular flexibility index (Phi) is 38.9. The Morgan fingerprint density at radius 3 is 1.33 bits per heavy atom. The molecule has 1 unspecified atom stereocenters. The molecule has 336 valence electrons. The van der Waals surface area contributed by atoms with Crippen LogP contribution in [0.1, 0.15) is 213 Å². The third-order valence-corrected chi connectivity index (χ3v) is 11.2. The molecule has 2 atom stereocenters. The molecule has 0 aromatic rings. The molecule has 0 aliphatic heterocycles. The molecule has 0 saturated heterocycles. The molecular weight excluding hydrogens is 737 g/mol. The van der Waals surface area contributed by atoms with Crippen molar-refractivity contribution in [3.8, 4) is 0 Å². The maximum atomic E-state index is 12.7. The number of carbonyl (C=O) groups excluding carboxylic acids is 2. The first kappa shape index (κ1) is 55.5. The summed E-state index contributed by atoms with van der Waals surface area (Å²) in [6.45, 7) is 4.40. The second-order valence-electron chi connectivity index (χ2n) is 17.1. The molecule has 0 aromatic carbocycles. The molecule has 10 heteroatoms. The van der Waals surface area contributed by atoms with E-state index in [1.54, 1.807) is 0 Å². The highest BCUT2D eigenvalue weighted by atomic mass is 31.2. The van der Waals surface area contributed by atoms with Gasteiger partial charge in [0.2, 0.25) is 0 Å². The predicted octanol–water partition coefficient (Wildman–Crippen LogP) is 13.5. The van der Waals surface area contributed by atoms with E-state index in [0.717, 1.165) is 51.4 Å². The van der Waals surface area contributed by atoms with Crippen molar-refractivity contribution in [3.63, 3.8) is 0 Å². The summed E-state index contributed by atoms with van der Waals surface area (Å²) in [6.07, 6.45) is 43.7. The molecule has 9 nitrogen and oxygen atoms in total. The normalized spacial score (nSPS) is 13.7. The number of hydrogen-bond donors (Lipinski definition) is 1. The molecule has 0 aliphatic carbocycles. The van der Waals surface area contributed by atoms with Gasteiger partial charge in [0.25, 0.3) is 0 Å². The lowest BCUT2D eigenvalue weighted by atomic mass is 10.0. The van der Waals surface area contributed by atoms with Gasteiger partial charge in [-0.15, -0.1) is 0 Å². The van der Waals surface area contributed by atoms with E-state index >= 15 is 0 Å². The average Bonchev–Trinajstić information content (AvgIpc) is 3.16. The Morgan fingerprint density at radius 2 is 0.895 bits per heavy atom. The molecule has 0 bridgehead atoms. The number of nitrogens with zero attached hydrogens (tertiary/aromatic N) is 1. The molecular formula is C47H91NO8P+. The Morgan fingerprint density at radius 1 is 0.526 bits per heavy atom. The predicted molar refractivity (Wildman–Crippen MR) is 238 cm³/mol. The summed E-state index contributed by atoms with van der Waals surface area (Å²) in [6, 6.07) is 0. The highest BCUT2D eigenvalue weighted by Crippen LogP contribution is 2.43. The van der Waals surface area contributed by atoms with Crippen LogP contribution in [-0.2, 0) is 32.7 Å². The van der Waals surface area contributed by atoms with Crippen molar-refractivity contribution in [2.24, 2.45) is 0 Å². The molecule has 0 rings (SSSR count). The van der Waals surface area contributed by atoms with Gasteiger partial charge in [-0.2, -0.15) is 0 Å². The highest BCUT2D eigenvalue weighted by Gasteiger charge is 2.27. The maximum Gasteiger partial charge on any atom is 0.472 e. The highest BCUT2D eigenvalue weighted by molar-refractivity contribution is 7.47. The number of rotatable bonds is 43. The van der Waals surface area contributed by atoms with Gasteiger partial charge in [0, 0.05) is 12.8 Å². The van der Waals surface area contributed by atoms with E-state index in [-0.39, 0.29) is 32.0 Å². The van der Waals surface area contributed by atoms with Crippen LogP contribution in [0.4, 0.5) is 0 Å². The monoisotopic (exact) mass is 829 g/mol. The topological polar surface area (TPSA) is 108 Å². The van der Waals surface area contributed by atoms with E-state index < -0.39 is 26.5 Å². The zero-order chi connectivity index (χ0) is 42.1. The van der Waals surface area contributed by atoms with Gasteiger partial charge in [0.05, 0.1) is 27.7 Å². The first-order chi connectivity index (χ1) is 27.5. The van der Waals surface area contributed by atoms with Crippen molar-refractivity contribution in [1.82, 2.24) is 0 Å². The Balaban J connectivity index is 4.25. The maximum absolute atomic E-state index is 12.7. The Hall–Kier alpha value is -1.51. The largest absolute Gasteiger partial charge is 0.472 e. The van der Waals surface area contributed by atoms with E-state index in [4.69, 9.17) is 18.5 Å². The number of likely N-dealkylation sites (N-methyl/N-ethyl adjacent to an activating group) is 1. The molecule has 0 saturated carbocycles. The summed E-state index contributed by atoms with van der Waals surface area (Å²) in [4.78, 5) is 35.4. The lowest BCUT2D eigenvalue weighted by Crippen LogP contribution is -2.37. The lowest BCUT2D eigenvalue weighted by Gasteiger charge is -2.24. The van der Waals surface area contributed by atoms with Crippen LogP contribution in [0.25, 0.3) is 0 Å².